The third kappa shape index (κ3) is 2.82. The number of anilines is 1. The van der Waals surface area contributed by atoms with Gasteiger partial charge in [0.1, 0.15) is 0 Å². The first-order valence-corrected chi connectivity index (χ1v) is 9.25. The number of hydrogen-bond donors (Lipinski definition) is 1. The van der Waals surface area contributed by atoms with Gasteiger partial charge in [-0.2, -0.15) is 0 Å². The Hall–Kier alpha value is -2.87. The van der Waals surface area contributed by atoms with E-state index in [9.17, 15) is 4.79 Å². The highest BCUT2D eigenvalue weighted by atomic mass is 16.2. The van der Waals surface area contributed by atoms with Crippen molar-refractivity contribution in [1.82, 2.24) is 0 Å². The molecule has 1 atom stereocenters. The molecule has 1 unspecified atom stereocenters. The van der Waals surface area contributed by atoms with Gasteiger partial charge in [0, 0.05) is 11.1 Å². The standard InChI is InChI=1S/C24H23NO/c1-2-18-11-9-10-16-22(18)25-23(26)21-17-24(21,19-12-5-3-6-13-19)20-14-7-4-8-15-20/h3-16,21H,2,17H2,1H3,(H,25,26). The van der Waals surface area contributed by atoms with Crippen LogP contribution in [0, 0.1) is 5.92 Å². The summed E-state index contributed by atoms with van der Waals surface area (Å²) < 4.78 is 0. The van der Waals surface area contributed by atoms with E-state index < -0.39 is 0 Å². The van der Waals surface area contributed by atoms with Crippen molar-refractivity contribution in [3.8, 4) is 0 Å². The maximum Gasteiger partial charge on any atom is 0.228 e. The molecular formula is C24H23NO. The van der Waals surface area contributed by atoms with Crippen molar-refractivity contribution < 1.29 is 4.79 Å². The summed E-state index contributed by atoms with van der Waals surface area (Å²) in [6, 6.07) is 28.9. The maximum absolute atomic E-state index is 13.1. The molecule has 3 aromatic carbocycles. The molecule has 1 N–H and O–H groups in total. The SMILES string of the molecule is CCc1ccccc1NC(=O)C1CC1(c1ccccc1)c1ccccc1. The van der Waals surface area contributed by atoms with Crippen LogP contribution in [0.3, 0.4) is 0 Å². The number of carbonyl (C=O) groups is 1. The minimum absolute atomic E-state index is 0.0442. The lowest BCUT2D eigenvalue weighted by Crippen LogP contribution is -2.22. The number of rotatable bonds is 5. The highest BCUT2D eigenvalue weighted by Gasteiger charge is 2.60. The molecule has 1 aliphatic carbocycles. The Morgan fingerprint density at radius 1 is 0.885 bits per heavy atom. The predicted octanol–water partition coefficient (Wildman–Crippen LogP) is 5.19. The van der Waals surface area contributed by atoms with E-state index in [0.29, 0.717) is 0 Å². The van der Waals surface area contributed by atoms with Crippen LogP contribution in [0.15, 0.2) is 84.9 Å². The van der Waals surface area contributed by atoms with Crippen molar-refractivity contribution in [2.45, 2.75) is 25.2 Å². The third-order valence-electron chi connectivity index (χ3n) is 5.51. The number of nitrogens with one attached hydrogen (secondary N) is 1. The van der Waals surface area contributed by atoms with Gasteiger partial charge in [0.05, 0.1) is 5.92 Å². The monoisotopic (exact) mass is 341 g/mol. The lowest BCUT2D eigenvalue weighted by molar-refractivity contribution is -0.117. The predicted molar refractivity (Wildman–Crippen MR) is 106 cm³/mol. The van der Waals surface area contributed by atoms with E-state index in [1.807, 2.05) is 30.3 Å². The molecule has 4 rings (SSSR count). The molecule has 0 bridgehead atoms. The molecule has 2 heteroatoms. The first-order valence-electron chi connectivity index (χ1n) is 9.25. The summed E-state index contributed by atoms with van der Waals surface area (Å²) in [5, 5.41) is 3.18. The number of para-hydroxylation sites is 1. The number of hydrogen-bond acceptors (Lipinski definition) is 1. The van der Waals surface area contributed by atoms with Gasteiger partial charge in [-0.3, -0.25) is 4.79 Å². The van der Waals surface area contributed by atoms with Crippen molar-refractivity contribution in [2.75, 3.05) is 5.32 Å². The van der Waals surface area contributed by atoms with Crippen LogP contribution in [0.4, 0.5) is 5.69 Å². The van der Waals surface area contributed by atoms with Crippen LogP contribution < -0.4 is 5.32 Å². The van der Waals surface area contributed by atoms with E-state index in [4.69, 9.17) is 0 Å². The molecule has 0 heterocycles. The topological polar surface area (TPSA) is 29.1 Å². The van der Waals surface area contributed by atoms with Gasteiger partial charge in [-0.1, -0.05) is 85.8 Å². The summed E-state index contributed by atoms with van der Waals surface area (Å²) in [6.45, 7) is 2.11. The van der Waals surface area contributed by atoms with Gasteiger partial charge in [0.25, 0.3) is 0 Å². The summed E-state index contributed by atoms with van der Waals surface area (Å²) in [6.07, 6.45) is 1.75. The van der Waals surface area contributed by atoms with Crippen molar-refractivity contribution in [2.24, 2.45) is 5.92 Å². The van der Waals surface area contributed by atoms with Gasteiger partial charge in [-0.05, 0) is 35.6 Å². The van der Waals surface area contributed by atoms with E-state index in [-0.39, 0.29) is 17.2 Å². The highest BCUT2D eigenvalue weighted by molar-refractivity contribution is 5.97. The fourth-order valence-corrected chi connectivity index (χ4v) is 4.03. The zero-order valence-electron chi connectivity index (χ0n) is 15.0. The highest BCUT2D eigenvalue weighted by Crippen LogP contribution is 2.59. The summed E-state index contributed by atoms with van der Waals surface area (Å²) in [7, 11) is 0. The van der Waals surface area contributed by atoms with Crippen LogP contribution in [0.25, 0.3) is 0 Å². The number of aryl methyl sites for hydroxylation is 1. The van der Waals surface area contributed by atoms with Crippen LogP contribution in [0.5, 0.6) is 0 Å². The smallest absolute Gasteiger partial charge is 0.228 e. The van der Waals surface area contributed by atoms with Crippen molar-refractivity contribution in [1.29, 1.82) is 0 Å². The molecule has 1 amide bonds. The second-order valence-corrected chi connectivity index (χ2v) is 6.96. The first kappa shape index (κ1) is 16.6. The molecule has 0 radical (unpaired) electrons. The summed E-state index contributed by atoms with van der Waals surface area (Å²) in [5.74, 6) is 0.0656. The van der Waals surface area contributed by atoms with Crippen molar-refractivity contribution in [3.63, 3.8) is 0 Å². The average Bonchev–Trinajstić information content (AvgIpc) is 3.47. The molecule has 2 nitrogen and oxygen atoms in total. The second kappa shape index (κ2) is 6.80. The van der Waals surface area contributed by atoms with Gasteiger partial charge in [-0.15, -0.1) is 0 Å². The summed E-state index contributed by atoms with van der Waals surface area (Å²) in [4.78, 5) is 13.1. The number of benzene rings is 3. The van der Waals surface area contributed by atoms with Crippen molar-refractivity contribution >= 4 is 11.6 Å². The van der Waals surface area contributed by atoms with E-state index in [1.165, 1.54) is 16.7 Å². The van der Waals surface area contributed by atoms with Gasteiger partial charge < -0.3 is 5.32 Å². The Labute approximate surface area is 154 Å². The van der Waals surface area contributed by atoms with Gasteiger partial charge >= 0.3 is 0 Å². The molecule has 3 aromatic rings. The van der Waals surface area contributed by atoms with Crippen molar-refractivity contribution in [3.05, 3.63) is 102 Å². The average molecular weight is 341 g/mol. The molecule has 1 aliphatic rings. The summed E-state index contributed by atoms with van der Waals surface area (Å²) in [5.41, 5.74) is 4.33. The van der Waals surface area contributed by atoms with E-state index in [0.717, 1.165) is 18.5 Å². The Morgan fingerprint density at radius 3 is 2.00 bits per heavy atom. The molecular weight excluding hydrogens is 318 g/mol. The quantitative estimate of drug-likeness (QED) is 0.679. The Balaban J connectivity index is 1.66. The van der Waals surface area contributed by atoms with Crippen LogP contribution in [0.2, 0.25) is 0 Å². The molecule has 0 saturated heterocycles. The first-order chi connectivity index (χ1) is 12.8. The Morgan fingerprint density at radius 2 is 1.42 bits per heavy atom. The van der Waals surface area contributed by atoms with Gasteiger partial charge in [-0.25, -0.2) is 0 Å². The fourth-order valence-electron chi connectivity index (χ4n) is 4.03. The van der Waals surface area contributed by atoms with Crippen LogP contribution in [-0.4, -0.2) is 5.91 Å². The molecule has 0 aliphatic heterocycles. The van der Waals surface area contributed by atoms with E-state index in [1.54, 1.807) is 0 Å². The molecule has 130 valence electrons. The minimum atomic E-state index is -0.215. The molecule has 26 heavy (non-hydrogen) atoms. The molecule has 0 spiro atoms. The Bertz CT molecular complexity index is 862. The fraction of sp³-hybridized carbons (Fsp3) is 0.208. The lowest BCUT2D eigenvalue weighted by Gasteiger charge is -2.19. The lowest BCUT2D eigenvalue weighted by atomic mass is 9.85. The number of amides is 1. The van der Waals surface area contributed by atoms with Gasteiger partial charge in [0.2, 0.25) is 5.91 Å². The zero-order valence-corrected chi connectivity index (χ0v) is 15.0. The minimum Gasteiger partial charge on any atom is -0.326 e. The Kier molecular flexibility index (Phi) is 4.34. The van der Waals surface area contributed by atoms with E-state index >= 15 is 0 Å². The molecule has 1 saturated carbocycles. The van der Waals surface area contributed by atoms with E-state index in [2.05, 4.69) is 66.8 Å². The van der Waals surface area contributed by atoms with Crippen LogP contribution in [0.1, 0.15) is 30.0 Å². The molecule has 1 fully saturated rings. The number of carbonyl (C=O) groups excluding carboxylic acids is 1. The molecule has 0 aromatic heterocycles. The van der Waals surface area contributed by atoms with Crippen LogP contribution >= 0.6 is 0 Å². The zero-order chi connectivity index (χ0) is 18.0. The maximum atomic E-state index is 13.1. The van der Waals surface area contributed by atoms with Gasteiger partial charge in [0.15, 0.2) is 0 Å². The second-order valence-electron chi connectivity index (χ2n) is 6.96. The largest absolute Gasteiger partial charge is 0.326 e. The normalized spacial score (nSPS) is 17.5. The van der Waals surface area contributed by atoms with Crippen LogP contribution in [-0.2, 0) is 16.6 Å². The third-order valence-corrected chi connectivity index (χ3v) is 5.51. The summed E-state index contributed by atoms with van der Waals surface area (Å²) >= 11 is 0.